The van der Waals surface area contributed by atoms with Crippen LogP contribution in [0.15, 0.2) is 24.3 Å². The number of carbonyl (C=O) groups excluding carboxylic acids is 1. The molecule has 3 saturated heterocycles. The maximum absolute atomic E-state index is 12.7. The van der Waals surface area contributed by atoms with Crippen LogP contribution in [0.1, 0.15) is 25.7 Å². The molecule has 0 saturated carbocycles. The first-order valence-corrected chi connectivity index (χ1v) is 11.9. The molecule has 2 bridgehead atoms. The molecule has 6 nitrogen and oxygen atoms in total. The number of hydrogen-bond acceptors (Lipinski definition) is 6. The SMILES string of the molecule is O=C(CCC[C@@H]1NC[C@@H]2CNC[C@H]1C2)N1CCN(c2nsc3ccccc23)CC1. The molecule has 0 radical (unpaired) electrons. The lowest BCUT2D eigenvalue weighted by Crippen LogP contribution is -2.54. The molecular formula is C22H31N5OS. The molecule has 156 valence electrons. The van der Waals surface area contributed by atoms with Crippen molar-refractivity contribution in [3.63, 3.8) is 0 Å². The minimum absolute atomic E-state index is 0.322. The topological polar surface area (TPSA) is 60.5 Å². The Morgan fingerprint density at radius 2 is 2.00 bits per heavy atom. The number of aromatic nitrogens is 1. The number of amides is 1. The summed E-state index contributed by atoms with van der Waals surface area (Å²) in [5.74, 6) is 2.95. The number of rotatable bonds is 5. The number of fused-ring (bicyclic) bond motifs is 3. The van der Waals surface area contributed by atoms with Crippen molar-refractivity contribution in [2.24, 2.45) is 11.8 Å². The number of benzene rings is 1. The van der Waals surface area contributed by atoms with Crippen LogP contribution >= 0.6 is 11.5 Å². The molecule has 3 fully saturated rings. The Morgan fingerprint density at radius 3 is 2.90 bits per heavy atom. The van der Waals surface area contributed by atoms with Crippen LogP contribution in [-0.4, -0.2) is 67.0 Å². The molecule has 1 aromatic heterocycles. The van der Waals surface area contributed by atoms with Crippen molar-refractivity contribution in [1.82, 2.24) is 19.9 Å². The van der Waals surface area contributed by atoms with Crippen molar-refractivity contribution in [2.75, 3.05) is 50.7 Å². The monoisotopic (exact) mass is 413 g/mol. The minimum atomic E-state index is 0.322. The van der Waals surface area contributed by atoms with Crippen LogP contribution in [0.4, 0.5) is 5.82 Å². The molecule has 1 amide bonds. The predicted octanol–water partition coefficient (Wildman–Crippen LogP) is 2.31. The van der Waals surface area contributed by atoms with Crippen molar-refractivity contribution in [3.05, 3.63) is 24.3 Å². The van der Waals surface area contributed by atoms with E-state index in [0.29, 0.717) is 18.4 Å². The highest BCUT2D eigenvalue weighted by molar-refractivity contribution is 7.13. The first kappa shape index (κ1) is 19.3. The smallest absolute Gasteiger partial charge is 0.222 e. The average Bonchev–Trinajstić information content (AvgIpc) is 3.20. The molecular weight excluding hydrogens is 382 g/mol. The van der Waals surface area contributed by atoms with E-state index in [2.05, 4.69) is 49.1 Å². The molecule has 0 unspecified atom stereocenters. The van der Waals surface area contributed by atoms with Crippen LogP contribution in [-0.2, 0) is 4.79 Å². The van der Waals surface area contributed by atoms with Crippen LogP contribution < -0.4 is 15.5 Å². The van der Waals surface area contributed by atoms with Gasteiger partial charge in [-0.2, -0.15) is 4.37 Å². The molecule has 7 heteroatoms. The number of hydrogen-bond donors (Lipinski definition) is 2. The van der Waals surface area contributed by atoms with E-state index in [4.69, 9.17) is 0 Å². The Hall–Kier alpha value is -1.70. The number of piperazine rings is 1. The molecule has 0 aliphatic carbocycles. The largest absolute Gasteiger partial charge is 0.352 e. The van der Waals surface area contributed by atoms with Crippen LogP contribution in [0.2, 0.25) is 0 Å². The number of anilines is 1. The zero-order valence-corrected chi connectivity index (χ0v) is 17.8. The van der Waals surface area contributed by atoms with Crippen molar-refractivity contribution in [1.29, 1.82) is 0 Å². The summed E-state index contributed by atoms with van der Waals surface area (Å²) in [4.78, 5) is 17.1. The zero-order chi connectivity index (χ0) is 19.6. The highest BCUT2D eigenvalue weighted by Crippen LogP contribution is 2.30. The van der Waals surface area contributed by atoms with Gasteiger partial charge in [-0.05, 0) is 74.4 Å². The fourth-order valence-corrected chi connectivity index (χ4v) is 6.05. The van der Waals surface area contributed by atoms with E-state index in [1.807, 2.05) is 0 Å². The lowest BCUT2D eigenvalue weighted by molar-refractivity contribution is -0.131. The number of nitrogens with one attached hydrogen (secondary N) is 2. The summed E-state index contributed by atoms with van der Waals surface area (Å²) in [6, 6.07) is 9.00. The molecule has 29 heavy (non-hydrogen) atoms. The Morgan fingerprint density at radius 1 is 1.14 bits per heavy atom. The quantitative estimate of drug-likeness (QED) is 0.788. The molecule has 4 heterocycles. The highest BCUT2D eigenvalue weighted by atomic mass is 32.1. The molecule has 2 aromatic rings. The number of nitrogens with zero attached hydrogens (tertiary/aromatic N) is 3. The Bertz CT molecular complexity index is 847. The molecule has 5 rings (SSSR count). The third-order valence-electron chi connectivity index (χ3n) is 6.91. The second kappa shape index (κ2) is 8.58. The number of carbonyl (C=O) groups is 1. The van der Waals surface area contributed by atoms with Gasteiger partial charge in [0.05, 0.1) is 4.70 Å². The summed E-state index contributed by atoms with van der Waals surface area (Å²) in [5.41, 5.74) is 0. The number of piperidine rings is 2. The van der Waals surface area contributed by atoms with Crippen molar-refractivity contribution in [2.45, 2.75) is 31.7 Å². The van der Waals surface area contributed by atoms with E-state index in [9.17, 15) is 4.79 Å². The van der Waals surface area contributed by atoms with Gasteiger partial charge in [0.25, 0.3) is 0 Å². The summed E-state index contributed by atoms with van der Waals surface area (Å²) in [6.07, 6.45) is 4.15. The van der Waals surface area contributed by atoms with Crippen molar-refractivity contribution < 1.29 is 4.79 Å². The normalized spacial score (nSPS) is 27.4. The summed E-state index contributed by atoms with van der Waals surface area (Å²) in [5, 5.41) is 8.54. The zero-order valence-electron chi connectivity index (χ0n) is 17.0. The van der Waals surface area contributed by atoms with Gasteiger partial charge in [0.1, 0.15) is 5.82 Å². The van der Waals surface area contributed by atoms with E-state index in [0.717, 1.165) is 76.3 Å². The van der Waals surface area contributed by atoms with E-state index in [1.165, 1.54) is 16.5 Å². The standard InChI is InChI=1S/C22H31N5OS/c28-21(7-3-5-19-17-12-16(14-24-19)13-23-15-17)26-8-10-27(11-9-26)22-18-4-1-2-6-20(18)29-25-22/h1-2,4,6,16-17,19,23-24H,3,5,7-15H2/t16-,17+,19-/m0/s1. The third-order valence-corrected chi connectivity index (χ3v) is 7.73. The van der Waals surface area contributed by atoms with Crippen molar-refractivity contribution in [3.8, 4) is 0 Å². The van der Waals surface area contributed by atoms with Gasteiger partial charge in [0, 0.05) is 44.0 Å². The molecule has 3 atom stereocenters. The summed E-state index contributed by atoms with van der Waals surface area (Å²) in [6.45, 7) is 6.79. The Balaban J connectivity index is 1.08. The van der Waals surface area contributed by atoms with Gasteiger partial charge in [0.2, 0.25) is 5.91 Å². The lowest BCUT2D eigenvalue weighted by atomic mass is 9.80. The summed E-state index contributed by atoms with van der Waals surface area (Å²) in [7, 11) is 0. The van der Waals surface area contributed by atoms with Crippen LogP contribution in [0.25, 0.3) is 10.1 Å². The van der Waals surface area contributed by atoms with Gasteiger partial charge in [-0.1, -0.05) is 12.1 Å². The van der Waals surface area contributed by atoms with Gasteiger partial charge >= 0.3 is 0 Å². The maximum atomic E-state index is 12.7. The average molecular weight is 414 g/mol. The molecule has 2 N–H and O–H groups in total. The fourth-order valence-electron chi connectivity index (χ4n) is 5.25. The van der Waals surface area contributed by atoms with E-state index >= 15 is 0 Å². The minimum Gasteiger partial charge on any atom is -0.352 e. The van der Waals surface area contributed by atoms with Crippen LogP contribution in [0, 0.1) is 11.8 Å². The summed E-state index contributed by atoms with van der Waals surface area (Å²) >= 11 is 1.56. The van der Waals surface area contributed by atoms with Crippen molar-refractivity contribution >= 4 is 33.3 Å². The first-order valence-electron chi connectivity index (χ1n) is 11.1. The first-order chi connectivity index (χ1) is 14.3. The Labute approximate surface area is 176 Å². The van der Waals surface area contributed by atoms with Gasteiger partial charge in [-0.25, -0.2) is 0 Å². The molecule has 0 spiro atoms. The summed E-state index contributed by atoms with van der Waals surface area (Å²) < 4.78 is 5.90. The maximum Gasteiger partial charge on any atom is 0.222 e. The van der Waals surface area contributed by atoms with E-state index in [1.54, 1.807) is 11.5 Å². The molecule has 1 aromatic carbocycles. The van der Waals surface area contributed by atoms with E-state index < -0.39 is 0 Å². The highest BCUT2D eigenvalue weighted by Gasteiger charge is 2.32. The van der Waals surface area contributed by atoms with Gasteiger partial charge in [-0.3, -0.25) is 4.79 Å². The third kappa shape index (κ3) is 4.13. The van der Waals surface area contributed by atoms with Gasteiger partial charge in [0.15, 0.2) is 0 Å². The molecule has 3 aliphatic rings. The second-order valence-electron chi connectivity index (χ2n) is 8.80. The molecule has 3 aliphatic heterocycles. The lowest BCUT2D eigenvalue weighted by Gasteiger charge is -2.41. The fraction of sp³-hybridized carbons (Fsp3) is 0.636. The van der Waals surface area contributed by atoms with E-state index in [-0.39, 0.29) is 0 Å². The predicted molar refractivity (Wildman–Crippen MR) is 119 cm³/mol. The van der Waals surface area contributed by atoms with Crippen LogP contribution in [0.3, 0.4) is 0 Å². The van der Waals surface area contributed by atoms with Gasteiger partial charge in [-0.15, -0.1) is 0 Å². The van der Waals surface area contributed by atoms with Crippen LogP contribution in [0.5, 0.6) is 0 Å². The second-order valence-corrected chi connectivity index (χ2v) is 9.60. The Kier molecular flexibility index (Phi) is 5.70. The van der Waals surface area contributed by atoms with Gasteiger partial charge < -0.3 is 20.4 Å².